The molecule has 3 rings (SSSR count). The first kappa shape index (κ1) is 18.8. The Hall–Kier alpha value is -2.99. The van der Waals surface area contributed by atoms with Crippen LogP contribution in [0.15, 0.2) is 54.7 Å². The first-order valence-electron chi connectivity index (χ1n) is 8.47. The number of halogens is 1. The lowest BCUT2D eigenvalue weighted by atomic mass is 10.1. The zero-order chi connectivity index (χ0) is 19.1. The highest BCUT2D eigenvalue weighted by molar-refractivity contribution is 6.30. The fourth-order valence-electron chi connectivity index (χ4n) is 2.59. The van der Waals surface area contributed by atoms with Crippen LogP contribution in [0.5, 0.6) is 5.75 Å². The first-order valence-corrected chi connectivity index (χ1v) is 8.85. The van der Waals surface area contributed by atoms with Crippen molar-refractivity contribution in [2.45, 2.75) is 6.42 Å². The average Bonchev–Trinajstić information content (AvgIpc) is 3.09. The minimum atomic E-state index is -0.614. The van der Waals surface area contributed by atoms with Crippen LogP contribution in [0.25, 0.3) is 10.9 Å². The molecule has 7 heteroatoms. The number of esters is 1. The number of rotatable bonds is 8. The molecule has 0 aliphatic rings. The van der Waals surface area contributed by atoms with Crippen LogP contribution in [0.2, 0.25) is 5.02 Å². The Morgan fingerprint density at radius 1 is 1.04 bits per heavy atom. The third-order valence-electron chi connectivity index (χ3n) is 3.93. The molecule has 0 spiro atoms. The average molecular weight is 387 g/mol. The van der Waals surface area contributed by atoms with Gasteiger partial charge in [-0.2, -0.15) is 0 Å². The summed E-state index contributed by atoms with van der Waals surface area (Å²) in [6.45, 7) is -0.152. The monoisotopic (exact) mass is 386 g/mol. The van der Waals surface area contributed by atoms with E-state index in [1.54, 1.807) is 24.3 Å². The summed E-state index contributed by atoms with van der Waals surface area (Å²) in [6, 6.07) is 14.6. The van der Waals surface area contributed by atoms with E-state index in [0.717, 1.165) is 16.5 Å². The number of aromatic nitrogens is 1. The van der Waals surface area contributed by atoms with Crippen molar-refractivity contribution < 1.29 is 19.1 Å². The fraction of sp³-hybridized carbons (Fsp3) is 0.200. The molecule has 0 fully saturated rings. The van der Waals surface area contributed by atoms with Crippen LogP contribution in [0.3, 0.4) is 0 Å². The van der Waals surface area contributed by atoms with E-state index >= 15 is 0 Å². The molecule has 0 unspecified atom stereocenters. The quantitative estimate of drug-likeness (QED) is 0.583. The molecule has 6 nitrogen and oxygen atoms in total. The van der Waals surface area contributed by atoms with Gasteiger partial charge in [0.25, 0.3) is 5.91 Å². The molecule has 2 aromatic carbocycles. The molecule has 1 heterocycles. The predicted molar refractivity (Wildman–Crippen MR) is 103 cm³/mol. The van der Waals surface area contributed by atoms with Crippen LogP contribution in [0, 0.1) is 0 Å². The van der Waals surface area contributed by atoms with Crippen molar-refractivity contribution >= 4 is 34.4 Å². The molecular weight excluding hydrogens is 368 g/mol. The largest absolute Gasteiger partial charge is 0.482 e. The highest BCUT2D eigenvalue weighted by atomic mass is 35.5. The van der Waals surface area contributed by atoms with Crippen molar-refractivity contribution in [3.05, 3.63) is 65.3 Å². The Kier molecular flexibility index (Phi) is 6.33. The lowest BCUT2D eigenvalue weighted by molar-refractivity contribution is -0.150. The summed E-state index contributed by atoms with van der Waals surface area (Å²) < 4.78 is 10.2. The summed E-state index contributed by atoms with van der Waals surface area (Å²) in [5, 5.41) is 4.45. The number of nitrogens with one attached hydrogen (secondary N) is 2. The molecule has 140 valence electrons. The SMILES string of the molecule is O=C(COC(=O)COc1ccc(Cl)cc1)NCCc1c[nH]c2ccccc12. The second-order valence-electron chi connectivity index (χ2n) is 5.86. The van der Waals surface area contributed by atoms with Gasteiger partial charge in [-0.1, -0.05) is 29.8 Å². The minimum absolute atomic E-state index is 0.274. The van der Waals surface area contributed by atoms with Gasteiger partial charge in [0.05, 0.1) is 0 Å². The van der Waals surface area contributed by atoms with Crippen LogP contribution in [-0.2, 0) is 20.7 Å². The van der Waals surface area contributed by atoms with E-state index in [4.69, 9.17) is 21.1 Å². The van der Waals surface area contributed by atoms with E-state index in [1.807, 2.05) is 30.5 Å². The van der Waals surface area contributed by atoms with Crippen molar-refractivity contribution in [1.82, 2.24) is 10.3 Å². The molecular formula is C20H19ClN2O4. The number of fused-ring (bicyclic) bond motifs is 1. The number of H-pyrrole nitrogens is 1. The number of hydrogen-bond acceptors (Lipinski definition) is 4. The van der Waals surface area contributed by atoms with Gasteiger partial charge in [-0.3, -0.25) is 4.79 Å². The van der Waals surface area contributed by atoms with Gasteiger partial charge < -0.3 is 19.8 Å². The molecule has 0 bridgehead atoms. The van der Waals surface area contributed by atoms with Gasteiger partial charge in [-0.15, -0.1) is 0 Å². The lowest BCUT2D eigenvalue weighted by Gasteiger charge is -2.08. The Morgan fingerprint density at radius 3 is 2.63 bits per heavy atom. The van der Waals surface area contributed by atoms with Gasteiger partial charge in [0.1, 0.15) is 5.75 Å². The minimum Gasteiger partial charge on any atom is -0.482 e. The standard InChI is InChI=1S/C20H19ClN2O4/c21-15-5-7-16(8-6-15)26-13-20(25)27-12-19(24)22-10-9-14-11-23-18-4-2-1-3-17(14)18/h1-8,11,23H,9-10,12-13H2,(H,22,24). The molecule has 27 heavy (non-hydrogen) atoms. The van der Waals surface area contributed by atoms with Gasteiger partial charge >= 0.3 is 5.97 Å². The van der Waals surface area contributed by atoms with Crippen LogP contribution in [-0.4, -0.2) is 36.6 Å². The molecule has 1 amide bonds. The van der Waals surface area contributed by atoms with Crippen LogP contribution in [0.1, 0.15) is 5.56 Å². The van der Waals surface area contributed by atoms with Crippen molar-refractivity contribution in [2.24, 2.45) is 0 Å². The maximum Gasteiger partial charge on any atom is 0.344 e. The zero-order valence-electron chi connectivity index (χ0n) is 14.5. The predicted octanol–water partition coefficient (Wildman–Crippen LogP) is 3.10. The summed E-state index contributed by atoms with van der Waals surface area (Å²) in [4.78, 5) is 26.6. The number of hydrogen-bond donors (Lipinski definition) is 2. The number of aromatic amines is 1. The topological polar surface area (TPSA) is 80.4 Å². The number of benzene rings is 2. The van der Waals surface area contributed by atoms with Crippen molar-refractivity contribution in [3.8, 4) is 5.75 Å². The molecule has 0 radical (unpaired) electrons. The fourth-order valence-corrected chi connectivity index (χ4v) is 2.71. The molecule has 0 saturated carbocycles. The molecule has 0 aliphatic heterocycles. The summed E-state index contributed by atoms with van der Waals surface area (Å²) in [7, 11) is 0. The molecule has 0 saturated heterocycles. The number of carbonyl (C=O) groups excluding carboxylic acids is 2. The third kappa shape index (κ3) is 5.49. The number of carbonyl (C=O) groups is 2. The summed E-state index contributed by atoms with van der Waals surface area (Å²) in [6.07, 6.45) is 2.62. The number of amides is 1. The summed E-state index contributed by atoms with van der Waals surface area (Å²) in [5.74, 6) is -0.467. The van der Waals surface area contributed by atoms with Crippen molar-refractivity contribution in [2.75, 3.05) is 19.8 Å². The Balaban J connectivity index is 1.34. The summed E-state index contributed by atoms with van der Waals surface area (Å²) >= 11 is 5.77. The van der Waals surface area contributed by atoms with E-state index in [2.05, 4.69) is 10.3 Å². The Morgan fingerprint density at radius 2 is 1.81 bits per heavy atom. The van der Waals surface area contributed by atoms with Gasteiger partial charge in [-0.05, 0) is 42.3 Å². The van der Waals surface area contributed by atoms with Crippen molar-refractivity contribution in [1.29, 1.82) is 0 Å². The third-order valence-corrected chi connectivity index (χ3v) is 4.18. The molecule has 0 aliphatic carbocycles. The second kappa shape index (κ2) is 9.09. The van der Waals surface area contributed by atoms with E-state index in [-0.39, 0.29) is 19.1 Å². The van der Waals surface area contributed by atoms with E-state index in [0.29, 0.717) is 23.7 Å². The number of ether oxygens (including phenoxy) is 2. The molecule has 2 N–H and O–H groups in total. The molecule has 3 aromatic rings. The second-order valence-corrected chi connectivity index (χ2v) is 6.30. The maximum atomic E-state index is 11.8. The van der Waals surface area contributed by atoms with Crippen LogP contribution < -0.4 is 10.1 Å². The molecule has 1 aromatic heterocycles. The van der Waals surface area contributed by atoms with Crippen LogP contribution >= 0.6 is 11.6 Å². The highest BCUT2D eigenvalue weighted by Crippen LogP contribution is 2.17. The van der Waals surface area contributed by atoms with Gasteiger partial charge in [0.2, 0.25) is 0 Å². The van der Waals surface area contributed by atoms with Gasteiger partial charge in [-0.25, -0.2) is 4.79 Å². The van der Waals surface area contributed by atoms with Crippen molar-refractivity contribution in [3.63, 3.8) is 0 Å². The normalized spacial score (nSPS) is 10.6. The van der Waals surface area contributed by atoms with E-state index in [9.17, 15) is 9.59 Å². The van der Waals surface area contributed by atoms with Gasteiger partial charge in [0.15, 0.2) is 13.2 Å². The zero-order valence-corrected chi connectivity index (χ0v) is 15.3. The Labute approximate surface area is 161 Å². The summed E-state index contributed by atoms with van der Waals surface area (Å²) in [5.41, 5.74) is 2.19. The maximum absolute atomic E-state index is 11.8. The van der Waals surface area contributed by atoms with Gasteiger partial charge in [0, 0.05) is 28.7 Å². The first-order chi connectivity index (χ1) is 13.1. The smallest absolute Gasteiger partial charge is 0.344 e. The Bertz CT molecular complexity index is 921. The van der Waals surface area contributed by atoms with Crippen LogP contribution in [0.4, 0.5) is 0 Å². The number of para-hydroxylation sites is 1. The van der Waals surface area contributed by atoms with E-state index < -0.39 is 5.97 Å². The lowest BCUT2D eigenvalue weighted by Crippen LogP contribution is -2.31. The molecule has 0 atom stereocenters. The van der Waals surface area contributed by atoms with E-state index in [1.165, 1.54) is 0 Å². The highest BCUT2D eigenvalue weighted by Gasteiger charge is 2.09.